The van der Waals surface area contributed by atoms with Gasteiger partial charge in [0.25, 0.3) is 5.91 Å². The van der Waals surface area contributed by atoms with Crippen molar-refractivity contribution in [2.24, 2.45) is 0 Å². The molecule has 0 bridgehead atoms. The molecule has 166 valence electrons. The molecule has 4 aromatic rings. The lowest BCUT2D eigenvalue weighted by Crippen LogP contribution is -2.23. The molecule has 0 fully saturated rings. The van der Waals surface area contributed by atoms with E-state index in [0.29, 0.717) is 40.4 Å². The summed E-state index contributed by atoms with van der Waals surface area (Å²) >= 11 is 0. The Morgan fingerprint density at radius 1 is 1.12 bits per heavy atom. The third-order valence-corrected chi connectivity index (χ3v) is 5.35. The zero-order valence-electron chi connectivity index (χ0n) is 17.7. The largest absolute Gasteiger partial charge is 0.495 e. The van der Waals surface area contributed by atoms with E-state index in [-0.39, 0.29) is 18.5 Å². The van der Waals surface area contributed by atoms with Crippen molar-refractivity contribution in [3.8, 4) is 17.2 Å². The predicted molar refractivity (Wildman–Crippen MR) is 122 cm³/mol. The van der Waals surface area contributed by atoms with Gasteiger partial charge in [0.05, 0.1) is 29.3 Å². The van der Waals surface area contributed by atoms with E-state index in [4.69, 9.17) is 14.2 Å². The molecule has 1 aliphatic heterocycles. The van der Waals surface area contributed by atoms with Crippen LogP contribution in [0.2, 0.25) is 0 Å². The Bertz CT molecular complexity index is 1360. The number of nitrogens with one attached hydrogen (secondary N) is 2. The number of hydrogen-bond acceptors (Lipinski definition) is 5. The SMILES string of the molecule is COc1c(C(=O)NCc2ccc3c(c2)OCO3)ccc2[nH]nc(C=Cc3ccc(F)cc3)c12. The summed E-state index contributed by atoms with van der Waals surface area (Å²) in [7, 11) is 1.52. The molecule has 3 aromatic carbocycles. The van der Waals surface area contributed by atoms with Crippen LogP contribution in [-0.4, -0.2) is 30.0 Å². The molecule has 2 N–H and O–H groups in total. The van der Waals surface area contributed by atoms with Crippen molar-refractivity contribution in [2.45, 2.75) is 6.54 Å². The molecule has 0 aliphatic carbocycles. The standard InChI is InChI=1S/C25H20FN3O4/c1-31-24-18(25(30)27-13-16-5-11-21-22(12-16)33-14-32-21)8-10-20-23(24)19(28-29-20)9-4-15-2-6-17(26)7-3-15/h2-12H,13-14H2,1H3,(H,27,30)(H,28,29). The van der Waals surface area contributed by atoms with Gasteiger partial charge in [0.2, 0.25) is 6.79 Å². The summed E-state index contributed by atoms with van der Waals surface area (Å²) in [6.07, 6.45) is 3.61. The molecule has 8 heteroatoms. The number of rotatable bonds is 6. The number of ether oxygens (including phenoxy) is 3. The van der Waals surface area contributed by atoms with E-state index in [1.807, 2.05) is 24.3 Å². The third-order valence-electron chi connectivity index (χ3n) is 5.35. The summed E-state index contributed by atoms with van der Waals surface area (Å²) in [5, 5.41) is 10.9. The number of H-pyrrole nitrogens is 1. The molecule has 1 amide bonds. The number of nitrogens with zero attached hydrogens (tertiary/aromatic N) is 1. The van der Waals surface area contributed by atoms with Crippen LogP contribution in [0, 0.1) is 5.82 Å². The van der Waals surface area contributed by atoms with Gasteiger partial charge in [-0.2, -0.15) is 5.10 Å². The fourth-order valence-corrected chi connectivity index (χ4v) is 3.70. The van der Waals surface area contributed by atoms with E-state index in [0.717, 1.165) is 16.6 Å². The number of hydrogen-bond donors (Lipinski definition) is 2. The van der Waals surface area contributed by atoms with Gasteiger partial charge < -0.3 is 19.5 Å². The molecule has 0 saturated heterocycles. The Balaban J connectivity index is 1.40. The van der Waals surface area contributed by atoms with E-state index in [1.165, 1.54) is 19.2 Å². The molecule has 1 aromatic heterocycles. The second-order valence-electron chi connectivity index (χ2n) is 7.43. The molecule has 0 radical (unpaired) electrons. The number of aromatic nitrogens is 2. The van der Waals surface area contributed by atoms with Crippen LogP contribution in [0.1, 0.15) is 27.2 Å². The van der Waals surface area contributed by atoms with Gasteiger partial charge in [0.15, 0.2) is 11.5 Å². The van der Waals surface area contributed by atoms with Crippen molar-refractivity contribution in [3.63, 3.8) is 0 Å². The smallest absolute Gasteiger partial charge is 0.255 e. The average molecular weight is 445 g/mol. The minimum atomic E-state index is -0.296. The Hall–Kier alpha value is -4.33. The first-order valence-corrected chi connectivity index (χ1v) is 10.3. The number of halogens is 1. The van der Waals surface area contributed by atoms with Gasteiger partial charge in [-0.3, -0.25) is 9.89 Å². The lowest BCUT2D eigenvalue weighted by molar-refractivity contribution is 0.0948. The maximum Gasteiger partial charge on any atom is 0.255 e. The second-order valence-corrected chi connectivity index (χ2v) is 7.43. The van der Waals surface area contributed by atoms with Crippen molar-refractivity contribution in [3.05, 3.63) is 82.8 Å². The summed E-state index contributed by atoms with van der Waals surface area (Å²) < 4.78 is 29.5. The van der Waals surface area contributed by atoms with Crippen molar-refractivity contribution < 1.29 is 23.4 Å². The number of aromatic amines is 1. The number of fused-ring (bicyclic) bond motifs is 2. The summed E-state index contributed by atoms with van der Waals surface area (Å²) in [5.41, 5.74) is 3.45. The van der Waals surface area contributed by atoms with Crippen molar-refractivity contribution in [2.75, 3.05) is 13.9 Å². The van der Waals surface area contributed by atoms with E-state index in [1.54, 1.807) is 30.3 Å². The first-order chi connectivity index (χ1) is 16.1. The Kier molecular flexibility index (Phi) is 5.40. The fourth-order valence-electron chi connectivity index (χ4n) is 3.70. The summed E-state index contributed by atoms with van der Waals surface area (Å²) in [6.45, 7) is 0.518. The number of amides is 1. The van der Waals surface area contributed by atoms with Crippen molar-refractivity contribution in [1.82, 2.24) is 15.5 Å². The van der Waals surface area contributed by atoms with E-state index < -0.39 is 0 Å². The van der Waals surface area contributed by atoms with Crippen LogP contribution in [-0.2, 0) is 6.54 Å². The minimum absolute atomic E-state index is 0.199. The van der Waals surface area contributed by atoms with Gasteiger partial charge in [-0.25, -0.2) is 4.39 Å². The molecule has 2 heterocycles. The molecule has 0 saturated carbocycles. The molecule has 0 spiro atoms. The number of benzene rings is 3. The van der Waals surface area contributed by atoms with Crippen LogP contribution in [0.15, 0.2) is 54.6 Å². The Labute approximate surface area is 188 Å². The first-order valence-electron chi connectivity index (χ1n) is 10.3. The van der Waals surface area contributed by atoms with Crippen LogP contribution in [0.5, 0.6) is 17.2 Å². The van der Waals surface area contributed by atoms with Crippen molar-refractivity contribution >= 4 is 29.0 Å². The topological polar surface area (TPSA) is 85.5 Å². The summed E-state index contributed by atoms with van der Waals surface area (Å²) in [6, 6.07) is 15.2. The summed E-state index contributed by atoms with van der Waals surface area (Å²) in [4.78, 5) is 13.0. The zero-order chi connectivity index (χ0) is 22.8. The molecule has 33 heavy (non-hydrogen) atoms. The molecule has 7 nitrogen and oxygen atoms in total. The first kappa shape index (κ1) is 20.6. The third kappa shape index (κ3) is 4.10. The summed E-state index contributed by atoms with van der Waals surface area (Å²) in [5.74, 6) is 1.20. The maximum absolute atomic E-state index is 13.1. The highest BCUT2D eigenvalue weighted by Crippen LogP contribution is 2.34. The van der Waals surface area contributed by atoms with Crippen LogP contribution in [0.3, 0.4) is 0 Å². The second kappa shape index (κ2) is 8.66. The van der Waals surface area contributed by atoms with Gasteiger partial charge in [-0.05, 0) is 53.6 Å². The van der Waals surface area contributed by atoms with Gasteiger partial charge in [-0.1, -0.05) is 24.3 Å². The monoisotopic (exact) mass is 445 g/mol. The minimum Gasteiger partial charge on any atom is -0.495 e. The average Bonchev–Trinajstić information content (AvgIpc) is 3.48. The zero-order valence-corrected chi connectivity index (χ0v) is 17.7. The normalized spacial score (nSPS) is 12.4. The number of methoxy groups -OCH3 is 1. The number of carbonyl (C=O) groups is 1. The Morgan fingerprint density at radius 2 is 1.94 bits per heavy atom. The van der Waals surface area contributed by atoms with Crippen LogP contribution < -0.4 is 19.5 Å². The molecule has 0 atom stereocenters. The lowest BCUT2D eigenvalue weighted by atomic mass is 10.1. The van der Waals surface area contributed by atoms with Crippen LogP contribution >= 0.6 is 0 Å². The molecular weight excluding hydrogens is 425 g/mol. The van der Waals surface area contributed by atoms with Crippen LogP contribution in [0.25, 0.3) is 23.1 Å². The van der Waals surface area contributed by atoms with Gasteiger partial charge in [0.1, 0.15) is 11.6 Å². The molecule has 5 rings (SSSR count). The van der Waals surface area contributed by atoms with E-state index in [9.17, 15) is 9.18 Å². The highest BCUT2D eigenvalue weighted by molar-refractivity contribution is 6.05. The predicted octanol–water partition coefficient (Wildman–Crippen LogP) is 4.54. The maximum atomic E-state index is 13.1. The Morgan fingerprint density at radius 3 is 2.76 bits per heavy atom. The quantitative estimate of drug-likeness (QED) is 0.455. The molecular formula is C25H20FN3O4. The van der Waals surface area contributed by atoms with Gasteiger partial charge in [0, 0.05) is 6.54 Å². The van der Waals surface area contributed by atoms with E-state index in [2.05, 4.69) is 15.5 Å². The molecule has 0 unspecified atom stereocenters. The number of carbonyl (C=O) groups excluding carboxylic acids is 1. The highest BCUT2D eigenvalue weighted by Gasteiger charge is 2.19. The van der Waals surface area contributed by atoms with Crippen LogP contribution in [0.4, 0.5) is 4.39 Å². The fraction of sp³-hybridized carbons (Fsp3) is 0.120. The van der Waals surface area contributed by atoms with Gasteiger partial charge in [-0.15, -0.1) is 0 Å². The molecule has 1 aliphatic rings. The van der Waals surface area contributed by atoms with E-state index >= 15 is 0 Å². The van der Waals surface area contributed by atoms with Gasteiger partial charge >= 0.3 is 0 Å². The highest BCUT2D eigenvalue weighted by atomic mass is 19.1. The van der Waals surface area contributed by atoms with Crippen molar-refractivity contribution in [1.29, 1.82) is 0 Å². The lowest BCUT2D eigenvalue weighted by Gasteiger charge is -2.11.